The van der Waals surface area contributed by atoms with Crippen molar-refractivity contribution in [2.75, 3.05) is 39.3 Å². The van der Waals surface area contributed by atoms with Crippen LogP contribution in [-0.2, 0) is 35.3 Å². The highest BCUT2D eigenvalue weighted by atomic mass is 33.1. The van der Waals surface area contributed by atoms with Crippen LogP contribution >= 0.6 is 30.1 Å². The number of methoxy groups -OCH3 is 2. The van der Waals surface area contributed by atoms with Gasteiger partial charge in [-0.2, -0.15) is 0 Å². The minimum atomic E-state index is -1.70. The lowest BCUT2D eigenvalue weighted by molar-refractivity contribution is -0.121. The molecule has 7 aromatic rings. The Labute approximate surface area is 474 Å². The molecule has 1 saturated heterocycles. The van der Waals surface area contributed by atoms with Crippen LogP contribution in [0.4, 0.5) is 5.82 Å². The van der Waals surface area contributed by atoms with Crippen LogP contribution < -0.4 is 20.1 Å². The number of hydrogen-bond acceptors (Lipinski definition) is 14. The molecule has 2 amide bonds. The smallest absolute Gasteiger partial charge is 0.259 e. The Hall–Kier alpha value is -6.14. The molecule has 0 aliphatic carbocycles. The van der Waals surface area contributed by atoms with Gasteiger partial charge in [0.1, 0.15) is 35.8 Å². The Kier molecular flexibility index (Phi) is 20.8. The van der Waals surface area contributed by atoms with Crippen LogP contribution in [0.3, 0.4) is 0 Å². The lowest BCUT2D eigenvalue weighted by Gasteiger charge is -2.39. The van der Waals surface area contributed by atoms with Gasteiger partial charge in [0, 0.05) is 46.7 Å². The first-order valence-corrected chi connectivity index (χ1v) is 29.9. The van der Waals surface area contributed by atoms with E-state index in [9.17, 15) is 9.59 Å². The SMILES string of the molecule is C=CCNC(=O)CCC(C)(C)SSc1ccccc1CCOP(OC1CC(n2cnc3c(NC(=O)c4ccccc4)ncnc32)OC1COC(c1ccccc1)(c1ccc(OC)cc1)c1ccc(OC)cc1)N(C(C)C)C(C)C. The highest BCUT2D eigenvalue weighted by Crippen LogP contribution is 2.52. The molecule has 4 atom stereocenters. The number of imidazole rings is 1. The van der Waals surface area contributed by atoms with E-state index in [1.54, 1.807) is 60.3 Å². The zero-order valence-electron chi connectivity index (χ0n) is 46.2. The van der Waals surface area contributed by atoms with E-state index in [-0.39, 0.29) is 41.1 Å². The first-order valence-electron chi connectivity index (χ1n) is 26.6. The molecule has 4 unspecified atom stereocenters. The van der Waals surface area contributed by atoms with E-state index in [1.165, 1.54) is 6.33 Å². The molecule has 18 heteroatoms. The van der Waals surface area contributed by atoms with Crippen LogP contribution in [0.15, 0.2) is 164 Å². The quantitative estimate of drug-likeness (QED) is 0.0206. The van der Waals surface area contributed by atoms with Crippen molar-refractivity contribution in [1.29, 1.82) is 0 Å². The average Bonchev–Trinajstić information content (AvgIpc) is 4.26. The maximum atomic E-state index is 13.4. The van der Waals surface area contributed by atoms with Gasteiger partial charge in [-0.1, -0.05) is 119 Å². The molecule has 2 N–H and O–H groups in total. The van der Waals surface area contributed by atoms with Crippen molar-refractivity contribution in [1.82, 2.24) is 29.5 Å². The number of anilines is 1. The Balaban J connectivity index is 1.12. The lowest BCUT2D eigenvalue weighted by atomic mass is 9.80. The summed E-state index contributed by atoms with van der Waals surface area (Å²) in [6.45, 7) is 17.6. The van der Waals surface area contributed by atoms with Crippen LogP contribution in [0.5, 0.6) is 11.5 Å². The van der Waals surface area contributed by atoms with Gasteiger partial charge in [0.2, 0.25) is 5.91 Å². The monoisotopic (exact) mass is 1130 g/mol. The molecule has 0 radical (unpaired) electrons. The van der Waals surface area contributed by atoms with E-state index in [1.807, 2.05) is 89.5 Å². The van der Waals surface area contributed by atoms with Crippen molar-refractivity contribution in [2.45, 2.75) is 113 Å². The van der Waals surface area contributed by atoms with Crippen LogP contribution in [0.25, 0.3) is 11.2 Å². The summed E-state index contributed by atoms with van der Waals surface area (Å²) in [7, 11) is 5.10. The number of fused-ring (bicyclic) bond motifs is 1. The second-order valence-corrected chi connectivity index (χ2v) is 24.5. The molecule has 0 saturated carbocycles. The molecule has 3 heterocycles. The second-order valence-electron chi connectivity index (χ2n) is 20.2. The highest BCUT2D eigenvalue weighted by molar-refractivity contribution is 8.77. The molecule has 1 aliphatic heterocycles. The largest absolute Gasteiger partial charge is 0.497 e. The molecule has 8 rings (SSSR count). The van der Waals surface area contributed by atoms with E-state index in [0.717, 1.165) is 33.6 Å². The fourth-order valence-electron chi connectivity index (χ4n) is 9.49. The summed E-state index contributed by atoms with van der Waals surface area (Å²) in [5.41, 5.74) is 4.06. The van der Waals surface area contributed by atoms with Gasteiger partial charge in [-0.25, -0.2) is 19.6 Å². The number of carbonyl (C=O) groups is 2. The molecular formula is C61H72N7O8PS2. The van der Waals surface area contributed by atoms with Gasteiger partial charge < -0.3 is 38.6 Å². The standard InChI is InChI=1S/C61H72N7O8PS2/c1-10-36-62-54(69)33-35-60(6,7)79-78-53-24-18-17-19-44(53)34-37-74-77(68(42(2)3)43(4)5)76-51-38-55(67-41-65-56-57(63-40-64-58(56)67)66-59(70)45-20-13-11-14-21-45)75-52(51)39-73-61(46-22-15-12-16-23-46,47-25-29-49(71-8)30-26-47)48-27-31-50(72-9)32-28-48/h10-32,40-43,51-52,55H,1,33-39H2,2-9H3,(H,62,69)(H,63,64,66,70). The highest BCUT2D eigenvalue weighted by Gasteiger charge is 2.45. The Morgan fingerprint density at radius 1 is 0.835 bits per heavy atom. The van der Waals surface area contributed by atoms with Crippen molar-refractivity contribution >= 4 is 58.9 Å². The van der Waals surface area contributed by atoms with E-state index >= 15 is 0 Å². The van der Waals surface area contributed by atoms with E-state index in [2.05, 4.69) is 110 Å². The van der Waals surface area contributed by atoms with E-state index < -0.39 is 32.6 Å². The Bertz CT molecular complexity index is 3020. The number of nitrogens with zero attached hydrogens (tertiary/aromatic N) is 5. The molecule has 1 fully saturated rings. The number of ether oxygens (including phenoxy) is 4. The molecule has 5 aromatic carbocycles. The van der Waals surface area contributed by atoms with Crippen LogP contribution in [0, 0.1) is 0 Å². The second kappa shape index (κ2) is 27.8. The zero-order valence-corrected chi connectivity index (χ0v) is 48.8. The molecule has 0 spiro atoms. The summed E-state index contributed by atoms with van der Waals surface area (Å²) in [5.74, 6) is 1.42. The summed E-state index contributed by atoms with van der Waals surface area (Å²) in [5, 5.41) is 5.83. The van der Waals surface area contributed by atoms with Gasteiger partial charge in [-0.05, 0) is 119 Å². The number of aromatic nitrogens is 4. The van der Waals surface area contributed by atoms with E-state index in [4.69, 9.17) is 33.0 Å². The molecule has 2 aromatic heterocycles. The number of carbonyl (C=O) groups excluding carboxylic acids is 2. The fraction of sp³-hybridized carbons (Fsp3) is 0.361. The summed E-state index contributed by atoms with van der Waals surface area (Å²) >= 11 is 0. The van der Waals surface area contributed by atoms with Crippen molar-refractivity contribution in [3.63, 3.8) is 0 Å². The average molecular weight is 1130 g/mol. The van der Waals surface area contributed by atoms with Crippen molar-refractivity contribution in [3.8, 4) is 11.5 Å². The van der Waals surface area contributed by atoms with Crippen LogP contribution in [0.2, 0.25) is 0 Å². The molecule has 416 valence electrons. The predicted molar refractivity (Wildman–Crippen MR) is 316 cm³/mol. The van der Waals surface area contributed by atoms with Crippen molar-refractivity contribution in [3.05, 3.63) is 187 Å². The molecule has 0 bridgehead atoms. The Morgan fingerprint density at radius 2 is 1.46 bits per heavy atom. The normalized spacial score (nSPS) is 16.1. The van der Waals surface area contributed by atoms with Crippen LogP contribution in [0.1, 0.15) is 99.6 Å². The van der Waals surface area contributed by atoms with E-state index in [0.29, 0.717) is 60.6 Å². The number of hydrogen-bond donors (Lipinski definition) is 2. The van der Waals surface area contributed by atoms with Gasteiger partial charge in [-0.3, -0.25) is 14.2 Å². The molecular weight excluding hydrogens is 1050 g/mol. The summed E-state index contributed by atoms with van der Waals surface area (Å²) in [6, 6.07) is 43.6. The molecule has 1 aliphatic rings. The molecule has 79 heavy (non-hydrogen) atoms. The molecule has 15 nitrogen and oxygen atoms in total. The van der Waals surface area contributed by atoms with Gasteiger partial charge in [0.15, 0.2) is 17.0 Å². The Morgan fingerprint density at radius 3 is 2.09 bits per heavy atom. The van der Waals surface area contributed by atoms with Crippen molar-refractivity contribution < 1.29 is 37.6 Å². The maximum Gasteiger partial charge on any atom is 0.259 e. The number of amides is 2. The first kappa shape index (κ1) is 59.0. The summed E-state index contributed by atoms with van der Waals surface area (Å²) < 4.78 is 44.4. The summed E-state index contributed by atoms with van der Waals surface area (Å²) in [6.07, 6.45) is 5.15. The maximum absolute atomic E-state index is 13.4. The third-order valence-electron chi connectivity index (χ3n) is 13.5. The lowest BCUT2D eigenvalue weighted by Crippen LogP contribution is -2.39. The number of rotatable bonds is 28. The minimum absolute atomic E-state index is 0.0254. The fourth-order valence-corrected chi connectivity index (χ4v) is 13.8. The number of nitrogens with one attached hydrogen (secondary N) is 2. The summed E-state index contributed by atoms with van der Waals surface area (Å²) in [4.78, 5) is 40.8. The van der Waals surface area contributed by atoms with Gasteiger partial charge in [-0.15, -0.1) is 6.58 Å². The van der Waals surface area contributed by atoms with Crippen LogP contribution in [-0.4, -0.2) is 99.0 Å². The van der Waals surface area contributed by atoms with Gasteiger partial charge in [0.25, 0.3) is 14.4 Å². The van der Waals surface area contributed by atoms with Crippen molar-refractivity contribution in [2.24, 2.45) is 0 Å². The third kappa shape index (κ3) is 14.8. The predicted octanol–water partition coefficient (Wildman–Crippen LogP) is 13.0. The van der Waals surface area contributed by atoms with Gasteiger partial charge >= 0.3 is 0 Å². The van der Waals surface area contributed by atoms with Gasteiger partial charge in [0.05, 0.1) is 39.9 Å². The zero-order chi connectivity index (χ0) is 55.9. The number of benzene rings is 5. The first-order chi connectivity index (χ1) is 38.2. The topological polar surface area (TPSA) is 160 Å². The third-order valence-corrected chi connectivity index (χ3v) is 19.1. The minimum Gasteiger partial charge on any atom is -0.497 e.